The Hall–Kier alpha value is -0.270. The second-order valence-electron chi connectivity index (χ2n) is 2.82. The van der Waals surface area contributed by atoms with Gasteiger partial charge in [0.15, 0.2) is 0 Å². The predicted molar refractivity (Wildman–Crippen MR) is 45.9 cm³/mol. The smallest absolute Gasteiger partial charge is 0.261 e. The van der Waals surface area contributed by atoms with E-state index in [4.69, 9.17) is 0 Å². The minimum atomic E-state index is -6.58. The number of carbonyl (C=O) groups is 1. The van der Waals surface area contributed by atoms with E-state index in [1.807, 2.05) is 0 Å². The number of carbonyl (C=O) groups excluding carboxylic acids is 1. The molecule has 12 heteroatoms. The molecule has 0 N–H and O–H groups in total. The van der Waals surface area contributed by atoms with Gasteiger partial charge in [-0.05, 0) is 0 Å². The second kappa shape index (κ2) is 5.02. The predicted octanol–water partition coefficient (Wildman–Crippen LogP) is 3.39. The van der Waals surface area contributed by atoms with Crippen LogP contribution < -0.4 is 0 Å². The van der Waals surface area contributed by atoms with Gasteiger partial charge in [0, 0.05) is 0 Å². The molecule has 2 nitrogen and oxygen atoms in total. The lowest BCUT2D eigenvalue weighted by Gasteiger charge is -2.31. The molecule has 1 atom stereocenters. The number of hydrogen-bond acceptors (Lipinski definition) is 2. The lowest BCUT2D eigenvalue weighted by Crippen LogP contribution is -2.57. The molecule has 0 fully saturated rings. The maximum atomic E-state index is 12.7. The fourth-order valence-corrected chi connectivity index (χ4v) is 0.983. The summed E-state index contributed by atoms with van der Waals surface area (Å²) in [6.45, 7) is 0. The van der Waals surface area contributed by atoms with Crippen molar-refractivity contribution >= 4 is 28.6 Å². The van der Waals surface area contributed by atoms with E-state index in [2.05, 4.69) is 4.74 Å². The second-order valence-corrected chi connectivity index (χ2v) is 3.59. The molecule has 0 saturated carbocycles. The molecule has 18 heavy (non-hydrogen) atoms. The van der Waals surface area contributed by atoms with E-state index in [-0.39, 0.29) is 0 Å². The molecule has 0 aliphatic rings. The SMILES string of the molecule is O=C(F)C(F)(OC(F)(F)C(F)(F)CI)C(F)(F)F. The fraction of sp³-hybridized carbons (Fsp3) is 0.833. The standard InChI is InChI=1S/C6H2F9IO2/c7-2(17)4(10,5(11,12)13)18-6(14,15)3(8,9)1-16/h1H2. The molecule has 0 aromatic rings. The van der Waals surface area contributed by atoms with Gasteiger partial charge < -0.3 is 0 Å². The first-order valence-corrected chi connectivity index (χ1v) is 5.21. The molecule has 0 radical (unpaired) electrons. The molecule has 0 amide bonds. The van der Waals surface area contributed by atoms with E-state index < -0.39 is 34.5 Å². The molecule has 0 saturated heterocycles. The quantitative estimate of drug-likeness (QED) is 0.304. The third-order valence-electron chi connectivity index (χ3n) is 1.48. The molecule has 0 rings (SSSR count). The van der Waals surface area contributed by atoms with Crippen molar-refractivity contribution in [3.05, 3.63) is 0 Å². The van der Waals surface area contributed by atoms with E-state index in [9.17, 15) is 44.3 Å². The van der Waals surface area contributed by atoms with Crippen LogP contribution in [0, 0.1) is 0 Å². The largest absolute Gasteiger partial charge is 0.459 e. The average molecular weight is 404 g/mol. The lowest BCUT2D eigenvalue weighted by molar-refractivity contribution is -0.433. The highest BCUT2D eigenvalue weighted by molar-refractivity contribution is 14.1. The van der Waals surface area contributed by atoms with Crippen LogP contribution in [0.3, 0.4) is 0 Å². The summed E-state index contributed by atoms with van der Waals surface area (Å²) in [6, 6.07) is -4.01. The van der Waals surface area contributed by atoms with Crippen molar-refractivity contribution in [2.75, 3.05) is 4.43 Å². The van der Waals surface area contributed by atoms with Crippen LogP contribution in [0.5, 0.6) is 0 Å². The van der Waals surface area contributed by atoms with Crippen LogP contribution in [-0.4, -0.2) is 34.5 Å². The van der Waals surface area contributed by atoms with E-state index in [0.29, 0.717) is 22.6 Å². The Morgan fingerprint density at radius 2 is 1.39 bits per heavy atom. The van der Waals surface area contributed by atoms with Crippen LogP contribution in [-0.2, 0) is 9.53 Å². The van der Waals surface area contributed by atoms with E-state index >= 15 is 0 Å². The van der Waals surface area contributed by atoms with Gasteiger partial charge in [0.2, 0.25) is 0 Å². The van der Waals surface area contributed by atoms with Crippen molar-refractivity contribution in [3.8, 4) is 0 Å². The van der Waals surface area contributed by atoms with Gasteiger partial charge in [-0.15, -0.1) is 0 Å². The Labute approximate surface area is 107 Å². The molecular formula is C6H2F9IO2. The highest BCUT2D eigenvalue weighted by Crippen LogP contribution is 2.45. The van der Waals surface area contributed by atoms with Crippen molar-refractivity contribution in [3.63, 3.8) is 0 Å². The molecule has 0 spiro atoms. The summed E-state index contributed by atoms with van der Waals surface area (Å²) < 4.78 is 110. The molecular weight excluding hydrogens is 402 g/mol. The van der Waals surface area contributed by atoms with Gasteiger partial charge in [-0.2, -0.15) is 39.5 Å². The third kappa shape index (κ3) is 3.19. The molecule has 0 aromatic heterocycles. The monoisotopic (exact) mass is 404 g/mol. The molecule has 0 aromatic carbocycles. The summed E-state index contributed by atoms with van der Waals surface area (Å²) in [5.41, 5.74) is 0. The molecule has 0 aliphatic carbocycles. The highest BCUT2D eigenvalue weighted by atomic mass is 127. The van der Waals surface area contributed by atoms with Crippen LogP contribution >= 0.6 is 22.6 Å². The zero-order valence-electron chi connectivity index (χ0n) is 7.80. The summed E-state index contributed by atoms with van der Waals surface area (Å²) >= 11 is 0.653. The Bertz CT molecular complexity index is 328. The average Bonchev–Trinajstić information content (AvgIpc) is 2.14. The Balaban J connectivity index is 5.46. The topological polar surface area (TPSA) is 26.3 Å². The normalized spacial score (nSPS) is 17.4. The Morgan fingerprint density at radius 3 is 1.61 bits per heavy atom. The summed E-state index contributed by atoms with van der Waals surface area (Å²) in [6.07, 6.45) is -12.6. The summed E-state index contributed by atoms with van der Waals surface area (Å²) in [4.78, 5) is 9.74. The number of ether oxygens (including phenoxy) is 1. The maximum absolute atomic E-state index is 12.7. The number of halogens is 10. The van der Waals surface area contributed by atoms with Crippen molar-refractivity contribution in [2.45, 2.75) is 24.1 Å². The van der Waals surface area contributed by atoms with Crippen molar-refractivity contribution < 1.29 is 49.0 Å². The number of alkyl halides is 9. The highest BCUT2D eigenvalue weighted by Gasteiger charge is 2.72. The number of hydrogen-bond donors (Lipinski definition) is 0. The fourth-order valence-electron chi connectivity index (χ4n) is 0.538. The van der Waals surface area contributed by atoms with Gasteiger partial charge in [0.1, 0.15) is 0 Å². The van der Waals surface area contributed by atoms with E-state index in [1.165, 1.54) is 0 Å². The molecule has 0 bridgehead atoms. The van der Waals surface area contributed by atoms with Gasteiger partial charge in [0.25, 0.3) is 0 Å². The van der Waals surface area contributed by atoms with Gasteiger partial charge in [-0.1, -0.05) is 22.6 Å². The summed E-state index contributed by atoms with van der Waals surface area (Å²) in [7, 11) is 0. The first kappa shape index (κ1) is 17.7. The van der Waals surface area contributed by atoms with E-state index in [1.54, 1.807) is 0 Å². The molecule has 108 valence electrons. The van der Waals surface area contributed by atoms with Crippen LogP contribution in [0.1, 0.15) is 0 Å². The van der Waals surface area contributed by atoms with Crippen molar-refractivity contribution in [2.24, 2.45) is 0 Å². The van der Waals surface area contributed by atoms with Crippen LogP contribution in [0.15, 0.2) is 0 Å². The lowest BCUT2D eigenvalue weighted by atomic mass is 10.3. The zero-order chi connectivity index (χ0) is 15.0. The van der Waals surface area contributed by atoms with Crippen LogP contribution in [0.4, 0.5) is 39.5 Å². The maximum Gasteiger partial charge on any atom is 0.459 e. The molecule has 0 heterocycles. The summed E-state index contributed by atoms with van der Waals surface area (Å²) in [5, 5.41) is 0. The minimum absolute atomic E-state index is 0.653. The third-order valence-corrected chi connectivity index (χ3v) is 2.44. The zero-order valence-corrected chi connectivity index (χ0v) is 9.96. The first-order valence-electron chi connectivity index (χ1n) is 3.68. The first-order chi connectivity index (χ1) is 7.71. The number of rotatable bonds is 5. The Kier molecular flexibility index (Phi) is 4.94. The van der Waals surface area contributed by atoms with Crippen LogP contribution in [0.25, 0.3) is 0 Å². The molecule has 0 aliphatic heterocycles. The molecule has 1 unspecified atom stereocenters. The van der Waals surface area contributed by atoms with Gasteiger partial charge in [-0.3, -0.25) is 9.53 Å². The van der Waals surface area contributed by atoms with Crippen LogP contribution in [0.2, 0.25) is 0 Å². The minimum Gasteiger partial charge on any atom is -0.261 e. The van der Waals surface area contributed by atoms with Gasteiger partial charge in [0.05, 0.1) is 4.43 Å². The van der Waals surface area contributed by atoms with E-state index in [0.717, 1.165) is 0 Å². The Morgan fingerprint density at radius 1 is 1.00 bits per heavy atom. The van der Waals surface area contributed by atoms with Gasteiger partial charge in [-0.25, -0.2) is 0 Å². The van der Waals surface area contributed by atoms with Gasteiger partial charge >= 0.3 is 30.1 Å². The van der Waals surface area contributed by atoms with Crippen molar-refractivity contribution in [1.29, 1.82) is 0 Å². The van der Waals surface area contributed by atoms with Crippen molar-refractivity contribution in [1.82, 2.24) is 0 Å². The summed E-state index contributed by atoms with van der Waals surface area (Å²) in [5.74, 6) is -11.4.